The average molecular weight is 277 g/mol. The summed E-state index contributed by atoms with van der Waals surface area (Å²) in [6.45, 7) is 0.702. The second-order valence-corrected chi connectivity index (χ2v) is 4.75. The van der Waals surface area contributed by atoms with Gasteiger partial charge in [0.15, 0.2) is 5.96 Å². The molecule has 1 unspecified atom stereocenters. The number of rotatable bonds is 5. The first-order valence-electron chi connectivity index (χ1n) is 5.64. The third-order valence-electron chi connectivity index (χ3n) is 2.62. The summed E-state index contributed by atoms with van der Waals surface area (Å²) < 4.78 is 0. The van der Waals surface area contributed by atoms with Crippen molar-refractivity contribution in [2.45, 2.75) is 30.7 Å². The lowest BCUT2D eigenvalue weighted by molar-refractivity contribution is -0.138. The molecule has 18 heavy (non-hydrogen) atoms. The van der Waals surface area contributed by atoms with Gasteiger partial charge in [-0.1, -0.05) is 0 Å². The van der Waals surface area contributed by atoms with Crippen molar-refractivity contribution in [3.63, 3.8) is 0 Å². The fourth-order valence-corrected chi connectivity index (χ4v) is 1.87. The Morgan fingerprint density at radius 2 is 2.33 bits per heavy atom. The minimum Gasteiger partial charge on any atom is -0.480 e. The summed E-state index contributed by atoms with van der Waals surface area (Å²) in [6.07, 6.45) is 1.08. The first-order chi connectivity index (χ1) is 8.41. The molecule has 8 heteroatoms. The van der Waals surface area contributed by atoms with E-state index in [-0.39, 0.29) is 23.7 Å². The quantitative estimate of drug-likeness (QED) is 0.266. The van der Waals surface area contributed by atoms with Gasteiger partial charge in [-0.2, -0.15) is 0 Å². The molecule has 2 atom stereocenters. The van der Waals surface area contributed by atoms with Crippen LogP contribution in [0.25, 0.3) is 0 Å². The van der Waals surface area contributed by atoms with Crippen molar-refractivity contribution in [2.75, 3.05) is 13.1 Å². The van der Waals surface area contributed by atoms with Crippen molar-refractivity contribution < 1.29 is 14.7 Å². The predicted molar refractivity (Wildman–Crippen MR) is 67.3 cm³/mol. The number of nitrogens with zero attached hydrogens (tertiary/aromatic N) is 2. The SMILES string of the molecule is NC(=NCCC[C@H](N)C(=O)O)N1CC(Cl)CC1=O. The number of guanidine groups is 1. The number of carboxylic acid groups (broad SMARTS) is 1. The molecule has 102 valence electrons. The first-order valence-corrected chi connectivity index (χ1v) is 6.08. The summed E-state index contributed by atoms with van der Waals surface area (Å²) in [7, 11) is 0. The van der Waals surface area contributed by atoms with Gasteiger partial charge in [-0.25, -0.2) is 0 Å². The van der Waals surface area contributed by atoms with Crippen molar-refractivity contribution in [3.8, 4) is 0 Å². The Morgan fingerprint density at radius 1 is 1.67 bits per heavy atom. The van der Waals surface area contributed by atoms with Crippen LogP contribution in [0.1, 0.15) is 19.3 Å². The molecule has 1 amide bonds. The summed E-state index contributed by atoms with van der Waals surface area (Å²) in [5, 5.41) is 8.34. The molecular formula is C10H17ClN4O3. The number of carbonyl (C=O) groups excluding carboxylic acids is 1. The van der Waals surface area contributed by atoms with Crippen LogP contribution in [-0.2, 0) is 9.59 Å². The van der Waals surface area contributed by atoms with Gasteiger partial charge in [-0.05, 0) is 12.8 Å². The van der Waals surface area contributed by atoms with E-state index in [9.17, 15) is 9.59 Å². The third kappa shape index (κ3) is 4.15. The Hall–Kier alpha value is -1.34. The minimum absolute atomic E-state index is 0.132. The second-order valence-electron chi connectivity index (χ2n) is 4.13. The highest BCUT2D eigenvalue weighted by Gasteiger charge is 2.30. The molecule has 1 fully saturated rings. The maximum absolute atomic E-state index is 11.4. The van der Waals surface area contributed by atoms with Gasteiger partial charge in [-0.15, -0.1) is 11.6 Å². The van der Waals surface area contributed by atoms with Gasteiger partial charge in [0.1, 0.15) is 6.04 Å². The van der Waals surface area contributed by atoms with Crippen LogP contribution in [0, 0.1) is 0 Å². The van der Waals surface area contributed by atoms with Crippen LogP contribution in [0.3, 0.4) is 0 Å². The van der Waals surface area contributed by atoms with Gasteiger partial charge in [0.2, 0.25) is 5.91 Å². The molecule has 1 rings (SSSR count). The zero-order valence-corrected chi connectivity index (χ0v) is 10.6. The summed E-state index contributed by atoms with van der Waals surface area (Å²) in [6, 6.07) is -0.887. The molecule has 0 aromatic carbocycles. The number of hydrogen-bond donors (Lipinski definition) is 3. The predicted octanol–water partition coefficient (Wildman–Crippen LogP) is -0.667. The Morgan fingerprint density at radius 3 is 2.83 bits per heavy atom. The molecule has 0 spiro atoms. The topological polar surface area (TPSA) is 122 Å². The van der Waals surface area contributed by atoms with E-state index in [0.29, 0.717) is 25.9 Å². The molecule has 0 aliphatic carbocycles. The van der Waals surface area contributed by atoms with E-state index < -0.39 is 12.0 Å². The van der Waals surface area contributed by atoms with E-state index in [1.165, 1.54) is 4.90 Å². The largest absolute Gasteiger partial charge is 0.480 e. The molecule has 1 saturated heterocycles. The summed E-state index contributed by atoms with van der Waals surface area (Å²) in [4.78, 5) is 27.3. The van der Waals surface area contributed by atoms with Gasteiger partial charge in [0.25, 0.3) is 0 Å². The summed E-state index contributed by atoms with van der Waals surface area (Å²) >= 11 is 5.83. The highest BCUT2D eigenvalue weighted by Crippen LogP contribution is 2.15. The highest BCUT2D eigenvalue weighted by atomic mass is 35.5. The van der Waals surface area contributed by atoms with Crippen molar-refractivity contribution in [1.82, 2.24) is 4.90 Å². The number of likely N-dealkylation sites (tertiary alicyclic amines) is 1. The van der Waals surface area contributed by atoms with E-state index >= 15 is 0 Å². The monoisotopic (exact) mass is 276 g/mol. The zero-order chi connectivity index (χ0) is 13.7. The average Bonchev–Trinajstić information content (AvgIpc) is 2.63. The van der Waals surface area contributed by atoms with Crippen molar-refractivity contribution in [2.24, 2.45) is 16.5 Å². The Labute approximate surface area is 110 Å². The van der Waals surface area contributed by atoms with Gasteiger partial charge in [0, 0.05) is 19.5 Å². The molecular weight excluding hydrogens is 260 g/mol. The lowest BCUT2D eigenvalue weighted by Crippen LogP contribution is -2.38. The third-order valence-corrected chi connectivity index (χ3v) is 2.91. The Bertz CT molecular complexity index is 361. The lowest BCUT2D eigenvalue weighted by Gasteiger charge is -2.14. The van der Waals surface area contributed by atoms with Crippen LogP contribution in [0.2, 0.25) is 0 Å². The van der Waals surface area contributed by atoms with E-state index in [0.717, 1.165) is 0 Å². The van der Waals surface area contributed by atoms with Crippen LogP contribution in [-0.4, -0.2) is 52.4 Å². The van der Waals surface area contributed by atoms with Crippen molar-refractivity contribution >= 4 is 29.4 Å². The van der Waals surface area contributed by atoms with Gasteiger partial charge >= 0.3 is 5.97 Å². The number of aliphatic imine (C=N–C) groups is 1. The van der Waals surface area contributed by atoms with Crippen molar-refractivity contribution in [1.29, 1.82) is 0 Å². The van der Waals surface area contributed by atoms with Gasteiger partial charge < -0.3 is 16.6 Å². The first kappa shape index (κ1) is 14.7. The summed E-state index contributed by atoms with van der Waals surface area (Å²) in [5.41, 5.74) is 11.0. The molecule has 1 heterocycles. The normalized spacial score (nSPS) is 22.3. The van der Waals surface area contributed by atoms with E-state index in [2.05, 4.69) is 4.99 Å². The standard InChI is InChI=1S/C10H17ClN4O3/c11-6-4-8(16)15(5-6)10(13)14-3-1-2-7(12)9(17)18/h6-7H,1-5,12H2,(H2,13,14)(H,17,18)/t6?,7-/m0/s1. The Kier molecular flexibility index (Phi) is 5.36. The maximum atomic E-state index is 11.4. The van der Waals surface area contributed by atoms with Crippen LogP contribution < -0.4 is 11.5 Å². The molecule has 0 bridgehead atoms. The Balaban J connectivity index is 2.34. The van der Waals surface area contributed by atoms with E-state index in [1.807, 2.05) is 0 Å². The minimum atomic E-state index is -1.04. The van der Waals surface area contributed by atoms with Crippen LogP contribution in [0.5, 0.6) is 0 Å². The number of nitrogens with two attached hydrogens (primary N) is 2. The number of hydrogen-bond acceptors (Lipinski definition) is 4. The van der Waals surface area contributed by atoms with Gasteiger partial charge in [0.05, 0.1) is 5.38 Å². The van der Waals surface area contributed by atoms with Crippen molar-refractivity contribution in [3.05, 3.63) is 0 Å². The molecule has 5 N–H and O–H groups in total. The molecule has 0 saturated carbocycles. The van der Waals surface area contributed by atoms with E-state index in [1.54, 1.807) is 0 Å². The fourth-order valence-electron chi connectivity index (χ4n) is 1.60. The molecule has 0 aromatic rings. The van der Waals surface area contributed by atoms with Gasteiger partial charge in [-0.3, -0.25) is 19.5 Å². The molecule has 7 nitrogen and oxygen atoms in total. The number of alkyl halides is 1. The van der Waals surface area contributed by atoms with E-state index in [4.69, 9.17) is 28.2 Å². The number of halogens is 1. The zero-order valence-electron chi connectivity index (χ0n) is 9.88. The molecule has 1 aliphatic rings. The molecule has 1 aliphatic heterocycles. The van der Waals surface area contributed by atoms with Crippen LogP contribution >= 0.6 is 11.6 Å². The molecule has 0 radical (unpaired) electrons. The number of carbonyl (C=O) groups is 2. The fraction of sp³-hybridized carbons (Fsp3) is 0.700. The maximum Gasteiger partial charge on any atom is 0.320 e. The van der Waals surface area contributed by atoms with Crippen LogP contribution in [0.4, 0.5) is 0 Å². The second kappa shape index (κ2) is 6.55. The lowest BCUT2D eigenvalue weighted by atomic mass is 10.2. The highest BCUT2D eigenvalue weighted by molar-refractivity contribution is 6.23. The summed E-state index contributed by atoms with van der Waals surface area (Å²) in [5.74, 6) is -1.04. The number of amides is 1. The smallest absolute Gasteiger partial charge is 0.320 e. The molecule has 0 aromatic heterocycles. The van der Waals surface area contributed by atoms with Crippen LogP contribution in [0.15, 0.2) is 4.99 Å². The number of aliphatic carboxylic acids is 1. The number of carboxylic acids is 1.